The van der Waals surface area contributed by atoms with E-state index < -0.39 is 0 Å². The van der Waals surface area contributed by atoms with Crippen LogP contribution in [0.3, 0.4) is 0 Å². The Morgan fingerprint density at radius 2 is 1.90 bits per heavy atom. The molecule has 1 aromatic heterocycles. The fourth-order valence-electron chi connectivity index (χ4n) is 2.17. The summed E-state index contributed by atoms with van der Waals surface area (Å²) in [6, 6.07) is 5.25. The van der Waals surface area contributed by atoms with E-state index in [2.05, 4.69) is 20.2 Å². The lowest BCUT2D eigenvalue weighted by Crippen LogP contribution is -2.03. The van der Waals surface area contributed by atoms with Gasteiger partial charge in [-0.3, -0.25) is 0 Å². The zero-order chi connectivity index (χ0) is 14.1. The maximum atomic E-state index is 5.90. The molecule has 1 aromatic carbocycles. The first-order chi connectivity index (χ1) is 9.74. The maximum absolute atomic E-state index is 5.90. The number of nitrogens with zero attached hydrogens (tertiary/aromatic N) is 4. The van der Waals surface area contributed by atoms with E-state index in [4.69, 9.17) is 15.2 Å². The summed E-state index contributed by atoms with van der Waals surface area (Å²) in [5.41, 5.74) is 7.52. The molecule has 0 radical (unpaired) electrons. The summed E-state index contributed by atoms with van der Waals surface area (Å²) < 4.78 is 10.5. The molecule has 2 N–H and O–H groups in total. The van der Waals surface area contributed by atoms with Crippen LogP contribution in [0.25, 0.3) is 0 Å². The van der Waals surface area contributed by atoms with Gasteiger partial charge >= 0.3 is 0 Å². The van der Waals surface area contributed by atoms with E-state index in [0.717, 1.165) is 11.1 Å². The number of nitrogens with two attached hydrogens (primary N) is 1. The minimum atomic E-state index is -0.314. The predicted molar refractivity (Wildman–Crippen MR) is 72.3 cm³/mol. The van der Waals surface area contributed by atoms with E-state index in [1.165, 1.54) is 6.33 Å². The molecule has 3 rings (SSSR count). The fraction of sp³-hybridized carbons (Fsp3) is 0.231. The number of azo groups is 1. The Morgan fingerprint density at radius 3 is 2.65 bits per heavy atom. The standard InChI is InChI=1S/C13H13N5O2/c1-19-8-4-3-7(5-9(8)20-2)11-10-12(14)15-6-16-13(10)18-17-11/h3-6,11H,1-2H3,(H2,14,15,16). The third kappa shape index (κ3) is 1.83. The monoisotopic (exact) mass is 271 g/mol. The zero-order valence-electron chi connectivity index (χ0n) is 11.1. The Bertz CT molecular complexity index is 686. The highest BCUT2D eigenvalue weighted by Gasteiger charge is 2.27. The number of nitrogen functional groups attached to an aromatic ring is 1. The van der Waals surface area contributed by atoms with E-state index in [9.17, 15) is 0 Å². The second-order valence-electron chi connectivity index (χ2n) is 4.23. The number of aromatic nitrogens is 2. The molecule has 1 unspecified atom stereocenters. The van der Waals surface area contributed by atoms with E-state index in [1.807, 2.05) is 18.2 Å². The topological polar surface area (TPSA) is 95.0 Å². The summed E-state index contributed by atoms with van der Waals surface area (Å²) in [5.74, 6) is 2.19. The molecule has 1 aliphatic heterocycles. The van der Waals surface area contributed by atoms with Gasteiger partial charge in [0, 0.05) is 0 Å². The zero-order valence-corrected chi connectivity index (χ0v) is 11.1. The van der Waals surface area contributed by atoms with Gasteiger partial charge in [0.25, 0.3) is 0 Å². The van der Waals surface area contributed by atoms with Crippen molar-refractivity contribution in [1.82, 2.24) is 9.97 Å². The van der Waals surface area contributed by atoms with E-state index in [1.54, 1.807) is 14.2 Å². The average molecular weight is 271 g/mol. The van der Waals surface area contributed by atoms with Crippen molar-refractivity contribution in [3.63, 3.8) is 0 Å². The van der Waals surface area contributed by atoms with Crippen molar-refractivity contribution >= 4 is 11.6 Å². The molecule has 1 atom stereocenters. The van der Waals surface area contributed by atoms with Gasteiger partial charge < -0.3 is 15.2 Å². The van der Waals surface area contributed by atoms with Gasteiger partial charge in [-0.1, -0.05) is 6.07 Å². The lowest BCUT2D eigenvalue weighted by atomic mass is 10.0. The Kier molecular flexibility index (Phi) is 2.94. The van der Waals surface area contributed by atoms with Gasteiger partial charge in [0.2, 0.25) is 0 Å². The third-order valence-electron chi connectivity index (χ3n) is 3.16. The van der Waals surface area contributed by atoms with Crippen LogP contribution in [-0.4, -0.2) is 24.2 Å². The predicted octanol–water partition coefficient (Wildman–Crippen LogP) is 2.26. The molecule has 0 fully saturated rings. The summed E-state index contributed by atoms with van der Waals surface area (Å²) in [5, 5.41) is 8.25. The van der Waals surface area contributed by atoms with Crippen molar-refractivity contribution in [2.45, 2.75) is 6.04 Å². The van der Waals surface area contributed by atoms with Gasteiger partial charge in [-0.25, -0.2) is 9.97 Å². The quantitative estimate of drug-likeness (QED) is 0.923. The number of benzene rings is 1. The second kappa shape index (κ2) is 4.76. The van der Waals surface area contributed by atoms with Crippen molar-refractivity contribution in [2.24, 2.45) is 10.2 Å². The number of anilines is 1. The molecular formula is C13H13N5O2. The highest BCUT2D eigenvalue weighted by Crippen LogP contribution is 2.42. The van der Waals surface area contributed by atoms with E-state index >= 15 is 0 Å². The van der Waals surface area contributed by atoms with Crippen LogP contribution >= 0.6 is 0 Å². The number of ether oxygens (including phenoxy) is 2. The number of rotatable bonds is 3. The van der Waals surface area contributed by atoms with Crippen LogP contribution in [0.4, 0.5) is 11.6 Å². The molecule has 0 spiro atoms. The Hall–Kier alpha value is -2.70. The SMILES string of the molecule is COc1ccc(C2N=Nc3ncnc(N)c32)cc1OC. The highest BCUT2D eigenvalue weighted by atomic mass is 16.5. The van der Waals surface area contributed by atoms with Gasteiger partial charge in [0.05, 0.1) is 19.8 Å². The molecule has 7 heteroatoms. The van der Waals surface area contributed by atoms with Gasteiger partial charge in [-0.05, 0) is 17.7 Å². The van der Waals surface area contributed by atoms with Gasteiger partial charge in [-0.15, -0.1) is 5.11 Å². The molecule has 0 saturated heterocycles. The summed E-state index contributed by atoms with van der Waals surface area (Å²) in [6.07, 6.45) is 1.38. The molecule has 0 saturated carbocycles. The number of hydrogen-bond donors (Lipinski definition) is 1. The van der Waals surface area contributed by atoms with Crippen LogP contribution in [0.5, 0.6) is 11.5 Å². The smallest absolute Gasteiger partial charge is 0.185 e. The van der Waals surface area contributed by atoms with Crippen LogP contribution < -0.4 is 15.2 Å². The van der Waals surface area contributed by atoms with E-state index in [0.29, 0.717) is 23.1 Å². The lowest BCUT2D eigenvalue weighted by molar-refractivity contribution is 0.354. The molecule has 2 heterocycles. The first-order valence-corrected chi connectivity index (χ1v) is 5.97. The first kappa shape index (κ1) is 12.3. The summed E-state index contributed by atoms with van der Waals surface area (Å²) >= 11 is 0. The summed E-state index contributed by atoms with van der Waals surface area (Å²) in [6.45, 7) is 0. The average Bonchev–Trinajstić information content (AvgIpc) is 2.92. The molecule has 0 amide bonds. The molecule has 0 aliphatic carbocycles. The summed E-state index contributed by atoms with van der Waals surface area (Å²) in [4.78, 5) is 8.06. The molecule has 7 nitrogen and oxygen atoms in total. The Morgan fingerprint density at radius 1 is 1.10 bits per heavy atom. The number of fused-ring (bicyclic) bond motifs is 1. The third-order valence-corrected chi connectivity index (χ3v) is 3.16. The van der Waals surface area contributed by atoms with Crippen LogP contribution in [0.15, 0.2) is 34.8 Å². The van der Waals surface area contributed by atoms with Crippen molar-refractivity contribution in [2.75, 3.05) is 20.0 Å². The maximum Gasteiger partial charge on any atom is 0.185 e. The molecular weight excluding hydrogens is 258 g/mol. The normalized spacial score (nSPS) is 16.0. The van der Waals surface area contributed by atoms with Crippen molar-refractivity contribution < 1.29 is 9.47 Å². The van der Waals surface area contributed by atoms with Gasteiger partial charge in [0.15, 0.2) is 17.3 Å². The van der Waals surface area contributed by atoms with Crippen LogP contribution in [-0.2, 0) is 0 Å². The highest BCUT2D eigenvalue weighted by molar-refractivity contribution is 5.59. The van der Waals surface area contributed by atoms with E-state index in [-0.39, 0.29) is 6.04 Å². The van der Waals surface area contributed by atoms with Gasteiger partial charge in [-0.2, -0.15) is 5.11 Å². The minimum absolute atomic E-state index is 0.314. The second-order valence-corrected chi connectivity index (χ2v) is 4.23. The first-order valence-electron chi connectivity index (χ1n) is 5.97. The summed E-state index contributed by atoms with van der Waals surface area (Å²) in [7, 11) is 3.18. The van der Waals surface area contributed by atoms with Crippen molar-refractivity contribution in [1.29, 1.82) is 0 Å². The van der Waals surface area contributed by atoms with Crippen LogP contribution in [0.1, 0.15) is 17.2 Å². The minimum Gasteiger partial charge on any atom is -0.493 e. The number of hydrogen-bond acceptors (Lipinski definition) is 7. The van der Waals surface area contributed by atoms with Crippen molar-refractivity contribution in [3.05, 3.63) is 35.7 Å². The van der Waals surface area contributed by atoms with Crippen LogP contribution in [0.2, 0.25) is 0 Å². The molecule has 1 aliphatic rings. The van der Waals surface area contributed by atoms with Crippen LogP contribution in [0, 0.1) is 0 Å². The number of methoxy groups -OCH3 is 2. The van der Waals surface area contributed by atoms with Gasteiger partial charge in [0.1, 0.15) is 18.2 Å². The lowest BCUT2D eigenvalue weighted by Gasteiger charge is -2.13. The Balaban J connectivity index is 2.07. The molecule has 2 aromatic rings. The van der Waals surface area contributed by atoms with Crippen molar-refractivity contribution in [3.8, 4) is 11.5 Å². The Labute approximate surface area is 115 Å². The molecule has 20 heavy (non-hydrogen) atoms. The fourth-order valence-corrected chi connectivity index (χ4v) is 2.17. The molecule has 0 bridgehead atoms. The largest absolute Gasteiger partial charge is 0.493 e. The molecule has 102 valence electrons.